The number of carbonyl (C=O) groups excluding carboxylic acids is 2. The smallest absolute Gasteiger partial charge is 0.697 e. The molecule has 0 aliphatic carbocycles. The molecule has 5 aromatic rings. The average molecular weight is 830 g/mol. The summed E-state index contributed by atoms with van der Waals surface area (Å²) in [7, 11) is 0. The zero-order valence-corrected chi connectivity index (χ0v) is 30.8. The molecule has 4 heterocycles. The Morgan fingerprint density at radius 1 is 0.755 bits per heavy atom. The largest absolute Gasteiger partial charge is 2.00 e. The third-order valence-corrected chi connectivity index (χ3v) is 6.67. The maximum absolute atomic E-state index is 12.1. The molecular weight excluding hydrogens is 789 g/mol. The van der Waals surface area contributed by atoms with Gasteiger partial charge in [0, 0.05) is 54.0 Å². The Labute approximate surface area is 302 Å². The van der Waals surface area contributed by atoms with E-state index in [2.05, 4.69) is 39.8 Å². The number of nitrogens with one attached hydrogen (secondary N) is 1. The first kappa shape index (κ1) is 40.1. The van der Waals surface area contributed by atoms with E-state index in [4.69, 9.17) is 10.5 Å². The van der Waals surface area contributed by atoms with E-state index in [-0.39, 0.29) is 37.9 Å². The monoisotopic (exact) mass is 831 g/mol. The van der Waals surface area contributed by atoms with Crippen LogP contribution in [0.1, 0.15) is 62.3 Å². The summed E-state index contributed by atoms with van der Waals surface area (Å²) in [6.45, 7) is 7.95. The van der Waals surface area contributed by atoms with Gasteiger partial charge >= 0.3 is 25.8 Å². The van der Waals surface area contributed by atoms with Crippen molar-refractivity contribution in [2.24, 2.45) is 0 Å². The predicted molar refractivity (Wildman–Crippen MR) is 192 cm³/mol. The standard InChI is InChI=1S/C18H18N3O2.C18H13N2O.C4H10.Os/c1-2-23-18(22)14(9-10-15-7-3-5-11-20-15)13-16(19)17-8-4-6-12-21-17;1-13(21)14-10-15(17-6-2-4-8-19-17)12-16(11-14)18-7-3-5-9-20-18;1-3-4-2;/h3-9,11-13,19H,2,10H2,1H3;2-11H,1H3;3-4H2,1-2H3;/q2*-1;;+2/b14-9+,16-13-;;;. The average Bonchev–Trinajstić information content (AvgIpc) is 3.15. The van der Waals surface area contributed by atoms with Crippen molar-refractivity contribution < 1.29 is 34.1 Å². The van der Waals surface area contributed by atoms with Gasteiger partial charge in [-0.2, -0.15) is 0 Å². The van der Waals surface area contributed by atoms with Gasteiger partial charge in [0.1, 0.15) is 5.78 Å². The van der Waals surface area contributed by atoms with E-state index in [1.54, 1.807) is 62.9 Å². The van der Waals surface area contributed by atoms with Gasteiger partial charge in [0.15, 0.2) is 0 Å². The Hall–Kier alpha value is -5.12. The van der Waals surface area contributed by atoms with E-state index in [0.717, 1.165) is 28.2 Å². The fraction of sp³-hybridized carbons (Fsp3) is 0.200. The molecule has 1 aromatic carbocycles. The zero-order valence-electron chi connectivity index (χ0n) is 28.2. The van der Waals surface area contributed by atoms with Gasteiger partial charge in [-0.1, -0.05) is 86.4 Å². The number of ketones is 1. The van der Waals surface area contributed by atoms with Crippen LogP contribution in [0, 0.1) is 6.07 Å². The van der Waals surface area contributed by atoms with E-state index < -0.39 is 5.97 Å². The predicted octanol–water partition coefficient (Wildman–Crippen LogP) is 9.22. The molecule has 9 heteroatoms. The van der Waals surface area contributed by atoms with Crippen molar-refractivity contribution in [2.45, 2.75) is 47.0 Å². The third kappa shape index (κ3) is 13.9. The molecule has 4 aromatic heterocycles. The summed E-state index contributed by atoms with van der Waals surface area (Å²) in [5, 5.41) is 0. The molecule has 1 N–H and O–H groups in total. The maximum atomic E-state index is 12.1. The number of hydrogen-bond donors (Lipinski definition) is 0. The molecule has 0 aliphatic rings. The Kier molecular flexibility index (Phi) is 18.3. The quantitative estimate of drug-likeness (QED) is 0.0453. The second kappa shape index (κ2) is 22.4. The van der Waals surface area contributed by atoms with Crippen LogP contribution in [-0.2, 0) is 35.7 Å². The molecule has 0 fully saturated rings. The van der Waals surface area contributed by atoms with Crippen LogP contribution in [0.3, 0.4) is 0 Å². The minimum atomic E-state index is -0.455. The summed E-state index contributed by atoms with van der Waals surface area (Å²) in [4.78, 5) is 40.8. The Bertz CT molecular complexity index is 1710. The van der Waals surface area contributed by atoms with Crippen LogP contribution in [0.4, 0.5) is 0 Å². The second-order valence-corrected chi connectivity index (χ2v) is 10.4. The molecule has 0 amide bonds. The third-order valence-electron chi connectivity index (χ3n) is 6.67. The first-order chi connectivity index (χ1) is 23.4. The molecule has 8 nitrogen and oxygen atoms in total. The van der Waals surface area contributed by atoms with Crippen molar-refractivity contribution in [1.29, 1.82) is 0 Å². The number of allylic oxidation sites excluding steroid dienone is 1. The van der Waals surface area contributed by atoms with Crippen molar-refractivity contribution in [2.75, 3.05) is 6.61 Å². The van der Waals surface area contributed by atoms with Crippen molar-refractivity contribution in [1.82, 2.24) is 19.9 Å². The van der Waals surface area contributed by atoms with E-state index in [0.29, 0.717) is 23.3 Å². The van der Waals surface area contributed by atoms with Gasteiger partial charge in [0.05, 0.1) is 12.2 Å². The maximum Gasteiger partial charge on any atom is 2.00 e. The van der Waals surface area contributed by atoms with Crippen LogP contribution in [0.15, 0.2) is 127 Å². The van der Waals surface area contributed by atoms with Gasteiger partial charge in [-0.15, -0.1) is 23.9 Å². The fourth-order valence-corrected chi connectivity index (χ4v) is 3.99. The number of benzene rings is 1. The molecule has 0 radical (unpaired) electrons. The Balaban J connectivity index is 0.000000302. The first-order valence-electron chi connectivity index (χ1n) is 15.9. The number of ether oxygens (including phenoxy) is 1. The summed E-state index contributed by atoms with van der Waals surface area (Å²) < 4.78 is 5.05. The van der Waals surface area contributed by atoms with Crippen LogP contribution in [0.5, 0.6) is 0 Å². The number of carbonyl (C=O) groups is 2. The van der Waals surface area contributed by atoms with E-state index >= 15 is 0 Å². The molecule has 0 spiro atoms. The van der Waals surface area contributed by atoms with Gasteiger partial charge in [-0.3, -0.25) is 24.7 Å². The van der Waals surface area contributed by atoms with Gasteiger partial charge in [0.2, 0.25) is 0 Å². The molecule has 0 saturated carbocycles. The minimum absolute atomic E-state index is 0. The minimum Gasteiger partial charge on any atom is -0.697 e. The second-order valence-electron chi connectivity index (χ2n) is 10.4. The number of Topliss-reactive ketones (excluding diaryl/α,β-unsaturated/α-hetero) is 1. The number of pyridine rings is 4. The fourth-order valence-electron chi connectivity index (χ4n) is 3.99. The summed E-state index contributed by atoms with van der Waals surface area (Å²) in [5.74, 6) is -0.442. The first-order valence-corrected chi connectivity index (χ1v) is 15.9. The van der Waals surface area contributed by atoms with Crippen molar-refractivity contribution in [3.8, 4) is 22.5 Å². The number of esters is 1. The number of hydrogen-bond acceptors (Lipinski definition) is 7. The van der Waals surface area contributed by atoms with Crippen LogP contribution in [0.2, 0.25) is 0 Å². The topological polar surface area (TPSA) is 119 Å². The van der Waals surface area contributed by atoms with Gasteiger partial charge in [-0.25, -0.2) is 4.79 Å². The normalized spacial score (nSPS) is 10.7. The molecule has 0 aliphatic heterocycles. The zero-order chi connectivity index (χ0) is 34.6. The van der Waals surface area contributed by atoms with Crippen molar-refractivity contribution >= 4 is 17.4 Å². The van der Waals surface area contributed by atoms with Gasteiger partial charge in [-0.05, 0) is 55.8 Å². The summed E-state index contributed by atoms with van der Waals surface area (Å²) in [5.41, 5.74) is 13.7. The van der Waals surface area contributed by atoms with E-state index in [1.165, 1.54) is 18.9 Å². The molecule has 0 atom stereocenters. The Morgan fingerprint density at radius 3 is 1.71 bits per heavy atom. The summed E-state index contributed by atoms with van der Waals surface area (Å²) in [6.07, 6.45) is 13.1. The van der Waals surface area contributed by atoms with E-state index in [1.807, 2.05) is 66.7 Å². The van der Waals surface area contributed by atoms with E-state index in [9.17, 15) is 9.59 Å². The van der Waals surface area contributed by atoms with Crippen molar-refractivity contribution in [3.63, 3.8) is 0 Å². The number of rotatable bonds is 10. The molecule has 0 unspecified atom stereocenters. The van der Waals surface area contributed by atoms with Gasteiger partial charge < -0.3 is 10.5 Å². The van der Waals surface area contributed by atoms with Crippen LogP contribution >= 0.6 is 0 Å². The molecule has 5 rings (SSSR count). The molecule has 252 valence electrons. The number of aromatic nitrogens is 4. The van der Waals surface area contributed by atoms with Crippen LogP contribution in [0.25, 0.3) is 33.9 Å². The Morgan fingerprint density at radius 2 is 1.29 bits per heavy atom. The molecule has 0 bridgehead atoms. The number of unbranched alkanes of at least 4 members (excludes halogenated alkanes) is 1. The summed E-state index contributed by atoms with van der Waals surface area (Å²) in [6, 6.07) is 29.2. The van der Waals surface area contributed by atoms with Crippen LogP contribution in [-0.4, -0.2) is 38.3 Å². The molecule has 49 heavy (non-hydrogen) atoms. The number of nitrogens with zero attached hydrogens (tertiary/aromatic N) is 4. The summed E-state index contributed by atoms with van der Waals surface area (Å²) >= 11 is 0. The SMILES string of the molecule is CC(=O)c1cc(-c2ccccn2)[c-]c(-c2ccccn2)c1.CCCC.CCOC(=O)C(/C=C(\[NH-])c1ccccn1)=C/Cc1ccccn1.[Os+2]. The van der Waals surface area contributed by atoms with Crippen molar-refractivity contribution in [3.05, 3.63) is 156 Å². The van der Waals surface area contributed by atoms with Crippen LogP contribution < -0.4 is 0 Å². The molecule has 0 saturated heterocycles. The van der Waals surface area contributed by atoms with Gasteiger partial charge in [0.25, 0.3) is 0 Å². The molecular formula is C40H41N5O3Os.